The Labute approximate surface area is 170 Å². The maximum absolute atomic E-state index is 11.7. The highest BCUT2D eigenvalue weighted by Gasteiger charge is 2.52. The van der Waals surface area contributed by atoms with Crippen LogP contribution in [0, 0.1) is 5.92 Å². The van der Waals surface area contributed by atoms with E-state index in [1.54, 1.807) is 0 Å². The molecule has 0 radical (unpaired) electrons. The van der Waals surface area contributed by atoms with Crippen molar-refractivity contribution in [3.8, 4) is 0 Å². The van der Waals surface area contributed by atoms with E-state index in [-0.39, 0.29) is 19.1 Å². The van der Waals surface area contributed by atoms with Gasteiger partial charge in [0.25, 0.3) is 0 Å². The first kappa shape index (κ1) is 24.8. The number of ether oxygens (including phenoxy) is 6. The molecule has 6 atom stereocenters. The molecular formula is C19H30O10. The van der Waals surface area contributed by atoms with Gasteiger partial charge < -0.3 is 28.4 Å². The third kappa shape index (κ3) is 8.36. The molecule has 0 N–H and O–H groups in total. The van der Waals surface area contributed by atoms with Crippen molar-refractivity contribution in [3.05, 3.63) is 0 Å². The Bertz CT molecular complexity index is 590. The standard InChI is InChI=1S/C19H30O10/c1-7-10(2)8-25-19-18(28-14(6)23)17(27-13(5)22)16(26-12(4)21)15(29-19)9-24-11(3)20/h10,15-19H,7-9H2,1-6H3/t10-,15-,16-,17+,18-,19-/m1/s1. The molecule has 0 unspecified atom stereocenters. The molecular weight excluding hydrogens is 388 g/mol. The molecule has 10 heteroatoms. The number of hydrogen-bond donors (Lipinski definition) is 0. The molecule has 0 aromatic carbocycles. The normalized spacial score (nSPS) is 27.4. The number of hydrogen-bond acceptors (Lipinski definition) is 10. The summed E-state index contributed by atoms with van der Waals surface area (Å²) in [5.41, 5.74) is 0. The molecule has 0 saturated carbocycles. The van der Waals surface area contributed by atoms with Gasteiger partial charge in [-0.3, -0.25) is 19.2 Å². The summed E-state index contributed by atoms with van der Waals surface area (Å²) in [6, 6.07) is 0. The average molecular weight is 418 g/mol. The molecule has 0 aromatic rings. The van der Waals surface area contributed by atoms with Crippen LogP contribution in [0.1, 0.15) is 48.0 Å². The summed E-state index contributed by atoms with van der Waals surface area (Å²) in [5.74, 6) is -2.41. The van der Waals surface area contributed by atoms with Crippen LogP contribution in [-0.4, -0.2) is 67.8 Å². The van der Waals surface area contributed by atoms with Crippen molar-refractivity contribution in [2.75, 3.05) is 13.2 Å². The maximum Gasteiger partial charge on any atom is 0.303 e. The smallest absolute Gasteiger partial charge is 0.303 e. The molecule has 1 rings (SSSR count). The quantitative estimate of drug-likeness (QED) is 0.397. The molecule has 29 heavy (non-hydrogen) atoms. The summed E-state index contributed by atoms with van der Waals surface area (Å²) in [7, 11) is 0. The van der Waals surface area contributed by atoms with E-state index in [1.165, 1.54) is 27.7 Å². The van der Waals surface area contributed by atoms with Gasteiger partial charge in [-0.15, -0.1) is 0 Å². The summed E-state index contributed by atoms with van der Waals surface area (Å²) >= 11 is 0. The second kappa shape index (κ2) is 11.7. The van der Waals surface area contributed by atoms with Gasteiger partial charge in [0.15, 0.2) is 24.6 Å². The highest BCUT2D eigenvalue weighted by Crippen LogP contribution is 2.30. The van der Waals surface area contributed by atoms with E-state index in [0.29, 0.717) is 0 Å². The van der Waals surface area contributed by atoms with Crippen molar-refractivity contribution in [3.63, 3.8) is 0 Å². The van der Waals surface area contributed by atoms with Gasteiger partial charge in [-0.1, -0.05) is 20.3 Å². The third-order valence-corrected chi connectivity index (χ3v) is 4.19. The first-order valence-corrected chi connectivity index (χ1v) is 9.47. The van der Waals surface area contributed by atoms with Gasteiger partial charge in [0.1, 0.15) is 12.7 Å². The number of carbonyl (C=O) groups is 4. The molecule has 1 fully saturated rings. The second-order valence-corrected chi connectivity index (χ2v) is 6.91. The Hall–Kier alpha value is -2.20. The Balaban J connectivity index is 3.24. The van der Waals surface area contributed by atoms with E-state index < -0.39 is 54.6 Å². The maximum atomic E-state index is 11.7. The number of esters is 4. The summed E-state index contributed by atoms with van der Waals surface area (Å²) in [5, 5.41) is 0. The number of rotatable bonds is 9. The molecule has 1 saturated heterocycles. The summed E-state index contributed by atoms with van der Waals surface area (Å²) < 4.78 is 32.5. The van der Waals surface area contributed by atoms with Crippen LogP contribution in [0.4, 0.5) is 0 Å². The minimum Gasteiger partial charge on any atom is -0.463 e. The lowest BCUT2D eigenvalue weighted by molar-refractivity contribution is -0.309. The number of carbonyl (C=O) groups excluding carboxylic acids is 4. The van der Waals surface area contributed by atoms with Crippen molar-refractivity contribution in [1.29, 1.82) is 0 Å². The van der Waals surface area contributed by atoms with Crippen LogP contribution in [-0.2, 0) is 47.6 Å². The van der Waals surface area contributed by atoms with Crippen LogP contribution >= 0.6 is 0 Å². The van der Waals surface area contributed by atoms with Gasteiger partial charge in [-0.2, -0.15) is 0 Å². The topological polar surface area (TPSA) is 124 Å². The van der Waals surface area contributed by atoms with Gasteiger partial charge in [-0.05, 0) is 5.92 Å². The van der Waals surface area contributed by atoms with Crippen LogP contribution in [0.15, 0.2) is 0 Å². The van der Waals surface area contributed by atoms with Crippen LogP contribution in [0.2, 0.25) is 0 Å². The zero-order chi connectivity index (χ0) is 22.1. The minimum atomic E-state index is -1.21. The van der Waals surface area contributed by atoms with Gasteiger partial charge in [0, 0.05) is 27.7 Å². The Morgan fingerprint density at radius 3 is 1.83 bits per heavy atom. The molecule has 0 amide bonds. The van der Waals surface area contributed by atoms with Gasteiger partial charge in [0.05, 0.1) is 6.61 Å². The van der Waals surface area contributed by atoms with E-state index in [4.69, 9.17) is 28.4 Å². The van der Waals surface area contributed by atoms with E-state index in [9.17, 15) is 19.2 Å². The van der Waals surface area contributed by atoms with Gasteiger partial charge in [0.2, 0.25) is 0 Å². The lowest BCUT2D eigenvalue weighted by atomic mass is 9.98. The van der Waals surface area contributed by atoms with E-state index in [0.717, 1.165) is 6.42 Å². The summed E-state index contributed by atoms with van der Waals surface area (Å²) in [4.78, 5) is 46.2. The fraction of sp³-hybridized carbons (Fsp3) is 0.789. The lowest BCUT2D eigenvalue weighted by Gasteiger charge is -2.44. The zero-order valence-electron chi connectivity index (χ0n) is 17.7. The first-order chi connectivity index (χ1) is 13.5. The van der Waals surface area contributed by atoms with Crippen LogP contribution < -0.4 is 0 Å². The van der Waals surface area contributed by atoms with Gasteiger partial charge in [-0.25, -0.2) is 0 Å². The van der Waals surface area contributed by atoms with Gasteiger partial charge >= 0.3 is 23.9 Å². The fourth-order valence-corrected chi connectivity index (χ4v) is 2.70. The minimum absolute atomic E-state index is 0.182. The Morgan fingerprint density at radius 1 is 0.828 bits per heavy atom. The molecule has 1 aliphatic rings. The zero-order valence-corrected chi connectivity index (χ0v) is 17.7. The van der Waals surface area contributed by atoms with Crippen LogP contribution in [0.3, 0.4) is 0 Å². The van der Waals surface area contributed by atoms with Crippen LogP contribution in [0.25, 0.3) is 0 Å². The van der Waals surface area contributed by atoms with Crippen molar-refractivity contribution in [1.82, 2.24) is 0 Å². The predicted octanol–water partition coefficient (Wildman–Crippen LogP) is 1.13. The molecule has 166 valence electrons. The van der Waals surface area contributed by atoms with Crippen LogP contribution in [0.5, 0.6) is 0 Å². The van der Waals surface area contributed by atoms with Crippen molar-refractivity contribution < 1.29 is 47.6 Å². The summed E-state index contributed by atoms with van der Waals surface area (Å²) in [6.45, 7) is 8.69. The first-order valence-electron chi connectivity index (χ1n) is 9.47. The molecule has 0 aliphatic carbocycles. The largest absolute Gasteiger partial charge is 0.463 e. The third-order valence-electron chi connectivity index (χ3n) is 4.19. The van der Waals surface area contributed by atoms with E-state index >= 15 is 0 Å². The van der Waals surface area contributed by atoms with E-state index in [2.05, 4.69) is 0 Å². The molecule has 10 nitrogen and oxygen atoms in total. The lowest BCUT2D eigenvalue weighted by Crippen LogP contribution is -2.63. The van der Waals surface area contributed by atoms with E-state index in [1.807, 2.05) is 13.8 Å². The highest BCUT2D eigenvalue weighted by atomic mass is 16.7. The molecule has 0 bridgehead atoms. The fourth-order valence-electron chi connectivity index (χ4n) is 2.70. The molecule has 0 aromatic heterocycles. The predicted molar refractivity (Wildman–Crippen MR) is 97.4 cm³/mol. The summed E-state index contributed by atoms with van der Waals surface area (Å²) in [6.07, 6.45) is -4.85. The Kier molecular flexibility index (Phi) is 10.0. The Morgan fingerprint density at radius 2 is 1.34 bits per heavy atom. The molecule has 0 spiro atoms. The average Bonchev–Trinajstić information content (AvgIpc) is 2.60. The highest BCUT2D eigenvalue weighted by molar-refractivity contribution is 5.68. The van der Waals surface area contributed by atoms with Crippen molar-refractivity contribution >= 4 is 23.9 Å². The van der Waals surface area contributed by atoms with Crippen molar-refractivity contribution in [2.24, 2.45) is 5.92 Å². The monoisotopic (exact) mass is 418 g/mol. The molecule has 1 heterocycles. The van der Waals surface area contributed by atoms with Crippen molar-refractivity contribution in [2.45, 2.75) is 78.7 Å². The second-order valence-electron chi connectivity index (χ2n) is 6.91. The molecule has 1 aliphatic heterocycles. The SMILES string of the molecule is CC[C@@H](C)CO[C@@H]1O[C@H](COC(C)=O)[C@@H](OC(C)=O)[C@H](OC(C)=O)[C@H]1OC(C)=O.